The van der Waals surface area contributed by atoms with Crippen LogP contribution in [0.2, 0.25) is 0 Å². The van der Waals surface area contributed by atoms with Crippen molar-refractivity contribution in [1.29, 1.82) is 0 Å². The number of rotatable bonds is 36. The molecule has 4 N–H and O–H groups in total. The van der Waals surface area contributed by atoms with E-state index in [-0.39, 0.29) is 19.4 Å². The number of hydrogen-bond donors (Lipinski definition) is 4. The van der Waals surface area contributed by atoms with E-state index >= 15 is 0 Å². The molecular formula is C45H78O12S. The molecule has 1 heterocycles. The van der Waals surface area contributed by atoms with Crippen LogP contribution in [0.15, 0.2) is 48.6 Å². The zero-order chi connectivity index (χ0) is 42.7. The first-order chi connectivity index (χ1) is 28.0. The average Bonchev–Trinajstić information content (AvgIpc) is 3.18. The number of allylic oxidation sites excluding steroid dienone is 8. The number of ether oxygens (including phenoxy) is 4. The maximum Gasteiger partial charge on any atom is 0.306 e. The van der Waals surface area contributed by atoms with Gasteiger partial charge in [-0.2, -0.15) is 8.42 Å². The lowest BCUT2D eigenvalue weighted by molar-refractivity contribution is -0.297. The third-order valence-electron chi connectivity index (χ3n) is 9.89. The number of esters is 2. The Bertz CT molecular complexity index is 1260. The van der Waals surface area contributed by atoms with Crippen LogP contribution in [0.5, 0.6) is 0 Å². The van der Waals surface area contributed by atoms with Gasteiger partial charge in [0, 0.05) is 12.8 Å². The largest absolute Gasteiger partial charge is 0.462 e. The third-order valence-corrected chi connectivity index (χ3v) is 10.6. The fourth-order valence-electron chi connectivity index (χ4n) is 6.45. The summed E-state index contributed by atoms with van der Waals surface area (Å²) in [6.07, 6.45) is 31.5. The second kappa shape index (κ2) is 35.4. The SMILES string of the molecule is CC/C=C\C/C=C\C/C=C\CCCCCCCC(=O)OC(COC(=O)CCCCCCC/C=C\CCCCCCCC)COC1OC(CS(=O)(=O)O)C(O)C(O)C1O. The number of carbonyl (C=O) groups is 2. The average molecular weight is 843 g/mol. The topological polar surface area (TPSA) is 186 Å². The first-order valence-corrected chi connectivity index (χ1v) is 23.8. The molecule has 13 heteroatoms. The van der Waals surface area contributed by atoms with Crippen LogP contribution in [0.25, 0.3) is 0 Å². The second-order valence-electron chi connectivity index (χ2n) is 15.3. The van der Waals surface area contributed by atoms with Gasteiger partial charge in [0.25, 0.3) is 10.1 Å². The summed E-state index contributed by atoms with van der Waals surface area (Å²) in [6, 6.07) is 0. The molecule has 0 aromatic heterocycles. The van der Waals surface area contributed by atoms with E-state index in [4.69, 9.17) is 18.9 Å². The molecule has 0 spiro atoms. The molecule has 0 aromatic carbocycles. The number of hydrogen-bond acceptors (Lipinski definition) is 11. The van der Waals surface area contributed by atoms with Gasteiger partial charge >= 0.3 is 11.9 Å². The molecule has 336 valence electrons. The second-order valence-corrected chi connectivity index (χ2v) is 16.8. The lowest BCUT2D eigenvalue weighted by Gasteiger charge is -2.40. The first kappa shape index (κ1) is 53.6. The summed E-state index contributed by atoms with van der Waals surface area (Å²) >= 11 is 0. The van der Waals surface area contributed by atoms with Gasteiger partial charge in [0.1, 0.15) is 36.8 Å². The Morgan fingerprint density at radius 2 is 1.09 bits per heavy atom. The van der Waals surface area contributed by atoms with Crippen molar-refractivity contribution in [2.45, 2.75) is 205 Å². The van der Waals surface area contributed by atoms with Gasteiger partial charge < -0.3 is 34.3 Å². The lowest BCUT2D eigenvalue weighted by Crippen LogP contribution is -2.60. The standard InChI is InChI=1S/C45H78O12S/c1-3-5-7-9-11-13-15-17-19-21-23-25-27-29-31-33-40(46)54-35-38(36-55-45-44(50)43(49)42(48)39(57-45)37-58(51,52)53)56-41(47)34-32-30-28-26-24-22-20-18-16-14-12-10-8-6-4-2/h6,8,12,14,17-20,38-39,42-45,48-50H,3-5,7,9-11,13,15-16,21-37H2,1-2H3,(H,51,52,53)/b8-6-,14-12-,19-17-,20-18-. The molecule has 12 nitrogen and oxygen atoms in total. The lowest BCUT2D eigenvalue weighted by atomic mass is 10.00. The minimum absolute atomic E-state index is 0.142. The summed E-state index contributed by atoms with van der Waals surface area (Å²) in [5.41, 5.74) is 0. The van der Waals surface area contributed by atoms with Gasteiger partial charge in [0.15, 0.2) is 12.4 Å². The van der Waals surface area contributed by atoms with Crippen LogP contribution < -0.4 is 0 Å². The van der Waals surface area contributed by atoms with Crippen LogP contribution in [-0.4, -0.2) is 96.0 Å². The molecule has 1 aliphatic heterocycles. The molecule has 0 radical (unpaired) electrons. The molecule has 1 saturated heterocycles. The van der Waals surface area contributed by atoms with Gasteiger partial charge in [-0.3, -0.25) is 14.1 Å². The predicted octanol–water partition coefficient (Wildman–Crippen LogP) is 8.78. The highest BCUT2D eigenvalue weighted by Gasteiger charge is 2.46. The maximum absolute atomic E-state index is 12.8. The van der Waals surface area contributed by atoms with Crippen molar-refractivity contribution in [1.82, 2.24) is 0 Å². The van der Waals surface area contributed by atoms with Crippen molar-refractivity contribution in [3.63, 3.8) is 0 Å². The molecule has 1 rings (SSSR count). The maximum atomic E-state index is 12.8. The molecule has 6 atom stereocenters. The van der Waals surface area contributed by atoms with Gasteiger partial charge in [-0.1, -0.05) is 133 Å². The first-order valence-electron chi connectivity index (χ1n) is 22.2. The fourth-order valence-corrected chi connectivity index (χ4v) is 7.14. The van der Waals surface area contributed by atoms with Crippen molar-refractivity contribution in [2.24, 2.45) is 0 Å². The van der Waals surface area contributed by atoms with Crippen molar-refractivity contribution < 1.29 is 56.8 Å². The quantitative estimate of drug-likeness (QED) is 0.0204. The van der Waals surface area contributed by atoms with E-state index in [1.54, 1.807) is 0 Å². The van der Waals surface area contributed by atoms with E-state index in [2.05, 4.69) is 62.5 Å². The molecule has 58 heavy (non-hydrogen) atoms. The molecule has 1 fully saturated rings. The molecule has 0 amide bonds. The summed E-state index contributed by atoms with van der Waals surface area (Å²) in [4.78, 5) is 25.4. The van der Waals surface area contributed by atoms with E-state index in [0.717, 1.165) is 89.9 Å². The van der Waals surface area contributed by atoms with Crippen molar-refractivity contribution in [3.8, 4) is 0 Å². The van der Waals surface area contributed by atoms with E-state index < -0.39 is 71.2 Å². The highest BCUT2D eigenvalue weighted by atomic mass is 32.2. The fraction of sp³-hybridized carbons (Fsp3) is 0.778. The Kier molecular flexibility index (Phi) is 32.7. The van der Waals surface area contributed by atoms with Gasteiger partial charge in [-0.05, 0) is 70.6 Å². The molecule has 0 saturated carbocycles. The van der Waals surface area contributed by atoms with Crippen LogP contribution >= 0.6 is 0 Å². The molecular weight excluding hydrogens is 765 g/mol. The van der Waals surface area contributed by atoms with Crippen LogP contribution in [0, 0.1) is 0 Å². The summed E-state index contributed by atoms with van der Waals surface area (Å²) in [5.74, 6) is -2.02. The highest BCUT2D eigenvalue weighted by Crippen LogP contribution is 2.24. The summed E-state index contributed by atoms with van der Waals surface area (Å²) in [6.45, 7) is 3.61. The summed E-state index contributed by atoms with van der Waals surface area (Å²) in [5, 5.41) is 30.9. The Hall–Kier alpha value is -2.39. The number of carbonyl (C=O) groups excluding carboxylic acids is 2. The minimum atomic E-state index is -4.61. The zero-order valence-corrected chi connectivity index (χ0v) is 36.5. The molecule has 0 aromatic rings. The normalized spacial score (nSPS) is 20.8. The summed E-state index contributed by atoms with van der Waals surface area (Å²) < 4.78 is 54.0. The third kappa shape index (κ3) is 29.8. The van der Waals surface area contributed by atoms with Gasteiger partial charge in [-0.25, -0.2) is 0 Å². The van der Waals surface area contributed by atoms with E-state index in [1.165, 1.54) is 38.5 Å². The van der Waals surface area contributed by atoms with Crippen molar-refractivity contribution >= 4 is 22.1 Å². The van der Waals surface area contributed by atoms with Gasteiger partial charge in [-0.15, -0.1) is 0 Å². The van der Waals surface area contributed by atoms with Gasteiger partial charge in [0.2, 0.25) is 0 Å². The Labute approximate surface area is 350 Å². The Morgan fingerprint density at radius 3 is 1.64 bits per heavy atom. The molecule has 1 aliphatic rings. The van der Waals surface area contributed by atoms with Crippen LogP contribution in [0.4, 0.5) is 0 Å². The minimum Gasteiger partial charge on any atom is -0.462 e. The van der Waals surface area contributed by atoms with Crippen molar-refractivity contribution in [3.05, 3.63) is 48.6 Å². The number of unbranched alkanes of at least 4 members (excludes halogenated alkanes) is 16. The predicted molar refractivity (Wildman–Crippen MR) is 229 cm³/mol. The molecule has 0 bridgehead atoms. The van der Waals surface area contributed by atoms with E-state index in [1.807, 2.05) is 0 Å². The Balaban J connectivity index is 2.48. The highest BCUT2D eigenvalue weighted by molar-refractivity contribution is 7.85. The van der Waals surface area contributed by atoms with E-state index in [0.29, 0.717) is 12.8 Å². The van der Waals surface area contributed by atoms with E-state index in [9.17, 15) is 37.9 Å². The number of aliphatic hydroxyl groups is 3. The van der Waals surface area contributed by atoms with Crippen LogP contribution in [0.3, 0.4) is 0 Å². The smallest absolute Gasteiger partial charge is 0.306 e. The molecule has 0 aliphatic carbocycles. The monoisotopic (exact) mass is 843 g/mol. The van der Waals surface area contributed by atoms with Crippen LogP contribution in [-0.2, 0) is 38.7 Å². The van der Waals surface area contributed by atoms with Crippen molar-refractivity contribution in [2.75, 3.05) is 19.0 Å². The zero-order valence-electron chi connectivity index (χ0n) is 35.6. The number of aliphatic hydroxyl groups excluding tert-OH is 3. The van der Waals surface area contributed by atoms with Gasteiger partial charge in [0.05, 0.1) is 6.61 Å². The molecule has 6 unspecified atom stereocenters. The Morgan fingerprint density at radius 1 is 0.603 bits per heavy atom. The van der Waals surface area contributed by atoms with Crippen LogP contribution in [0.1, 0.15) is 168 Å². The summed E-state index contributed by atoms with van der Waals surface area (Å²) in [7, 11) is -4.61.